The van der Waals surface area contributed by atoms with E-state index in [1.165, 1.54) is 24.3 Å². The van der Waals surface area contributed by atoms with Crippen LogP contribution in [0.5, 0.6) is 0 Å². The molecule has 1 aliphatic heterocycles. The van der Waals surface area contributed by atoms with Crippen molar-refractivity contribution in [1.29, 1.82) is 0 Å². The summed E-state index contributed by atoms with van der Waals surface area (Å²) in [6.07, 6.45) is 3.20. The minimum absolute atomic E-state index is 0.00830. The zero-order chi connectivity index (χ0) is 13.0. The first-order chi connectivity index (χ1) is 8.66. The molecule has 0 spiro atoms. The summed E-state index contributed by atoms with van der Waals surface area (Å²) in [5.74, 6) is -0.443. The number of carbonyl (C=O) groups is 1. The van der Waals surface area contributed by atoms with E-state index in [1.807, 2.05) is 0 Å². The number of likely N-dealkylation sites (tertiary alicyclic amines) is 1. The van der Waals surface area contributed by atoms with E-state index in [0.29, 0.717) is 4.90 Å². The summed E-state index contributed by atoms with van der Waals surface area (Å²) >= 11 is 0. The van der Waals surface area contributed by atoms with Crippen molar-refractivity contribution < 1.29 is 13.4 Å². The van der Waals surface area contributed by atoms with Crippen molar-refractivity contribution in [2.75, 3.05) is 18.8 Å². The lowest BCUT2D eigenvalue weighted by Crippen LogP contribution is -2.38. The third-order valence-corrected chi connectivity index (χ3v) is 4.35. The van der Waals surface area contributed by atoms with E-state index >= 15 is 0 Å². The first-order valence-corrected chi connectivity index (χ1v) is 7.40. The predicted molar refractivity (Wildman–Crippen MR) is 68.1 cm³/mol. The molecule has 0 aliphatic carbocycles. The Kier molecular flexibility index (Phi) is 4.47. The lowest BCUT2D eigenvalue weighted by molar-refractivity contribution is -0.129. The number of rotatable bonds is 3. The first kappa shape index (κ1) is 13.2. The van der Waals surface area contributed by atoms with Gasteiger partial charge in [0.1, 0.15) is 11.6 Å². The monoisotopic (exact) mass is 269 g/mol. The van der Waals surface area contributed by atoms with Gasteiger partial charge in [0.05, 0.1) is 10.8 Å². The Labute approximate surface area is 108 Å². The Balaban J connectivity index is 1.94. The maximum absolute atomic E-state index is 12.7. The summed E-state index contributed by atoms with van der Waals surface area (Å²) < 4.78 is 24.7. The fourth-order valence-electron chi connectivity index (χ4n) is 2.02. The van der Waals surface area contributed by atoms with Crippen molar-refractivity contribution in [3.05, 3.63) is 30.1 Å². The largest absolute Gasteiger partial charge is 0.342 e. The number of amides is 1. The molecule has 1 atom stereocenters. The van der Waals surface area contributed by atoms with Crippen LogP contribution in [-0.2, 0) is 15.6 Å². The highest BCUT2D eigenvalue weighted by atomic mass is 32.2. The van der Waals surface area contributed by atoms with Gasteiger partial charge in [-0.2, -0.15) is 0 Å². The van der Waals surface area contributed by atoms with Crippen LogP contribution in [0.4, 0.5) is 4.39 Å². The van der Waals surface area contributed by atoms with E-state index in [1.54, 1.807) is 4.90 Å². The molecule has 1 aliphatic rings. The topological polar surface area (TPSA) is 37.4 Å². The van der Waals surface area contributed by atoms with Gasteiger partial charge in [-0.3, -0.25) is 9.00 Å². The molecule has 1 fully saturated rings. The Morgan fingerprint density at radius 1 is 1.17 bits per heavy atom. The summed E-state index contributed by atoms with van der Waals surface area (Å²) in [6, 6.07) is 5.46. The molecule has 0 radical (unpaired) electrons. The molecule has 2 rings (SSSR count). The lowest BCUT2D eigenvalue weighted by Gasteiger charge is -2.26. The number of benzene rings is 1. The van der Waals surface area contributed by atoms with Gasteiger partial charge in [-0.05, 0) is 43.5 Å². The van der Waals surface area contributed by atoms with Crippen LogP contribution in [0.2, 0.25) is 0 Å². The molecule has 3 nitrogen and oxygen atoms in total. The zero-order valence-corrected chi connectivity index (χ0v) is 10.9. The standard InChI is InChI=1S/C13H16FNO2S/c14-11-4-6-12(7-5-11)18(17)10-13(16)15-8-2-1-3-9-15/h4-7H,1-3,8-10H2. The maximum atomic E-state index is 12.7. The SMILES string of the molecule is O=C(CS(=O)c1ccc(F)cc1)N1CCCCC1. The van der Waals surface area contributed by atoms with Crippen LogP contribution in [0.25, 0.3) is 0 Å². The molecule has 1 heterocycles. The number of hydrogen-bond acceptors (Lipinski definition) is 2. The van der Waals surface area contributed by atoms with Crippen molar-refractivity contribution in [2.45, 2.75) is 24.2 Å². The number of carbonyl (C=O) groups excluding carboxylic acids is 1. The van der Waals surface area contributed by atoms with Gasteiger partial charge in [0.2, 0.25) is 5.91 Å². The fraction of sp³-hybridized carbons (Fsp3) is 0.462. The van der Waals surface area contributed by atoms with Gasteiger partial charge < -0.3 is 4.90 Å². The number of hydrogen-bond donors (Lipinski definition) is 0. The van der Waals surface area contributed by atoms with Crippen LogP contribution in [0.15, 0.2) is 29.2 Å². The smallest absolute Gasteiger partial charge is 0.235 e. The average Bonchev–Trinajstić information content (AvgIpc) is 2.40. The van der Waals surface area contributed by atoms with Crippen molar-refractivity contribution in [2.24, 2.45) is 0 Å². The minimum Gasteiger partial charge on any atom is -0.342 e. The predicted octanol–water partition coefficient (Wildman–Crippen LogP) is 1.95. The third kappa shape index (κ3) is 3.38. The van der Waals surface area contributed by atoms with Crippen LogP contribution in [-0.4, -0.2) is 33.9 Å². The Hall–Kier alpha value is -1.23. The molecule has 98 valence electrons. The van der Waals surface area contributed by atoms with Crippen LogP contribution in [0.3, 0.4) is 0 Å². The normalized spacial score (nSPS) is 17.5. The van der Waals surface area contributed by atoms with Crippen LogP contribution in [0, 0.1) is 5.82 Å². The van der Waals surface area contributed by atoms with Gasteiger partial charge >= 0.3 is 0 Å². The van der Waals surface area contributed by atoms with E-state index < -0.39 is 10.8 Å². The van der Waals surface area contributed by atoms with E-state index in [0.717, 1.165) is 32.4 Å². The molecule has 0 saturated carbocycles. The fourth-order valence-corrected chi connectivity index (χ4v) is 3.03. The van der Waals surface area contributed by atoms with E-state index in [9.17, 15) is 13.4 Å². The summed E-state index contributed by atoms with van der Waals surface area (Å²) in [5.41, 5.74) is 0. The molecule has 1 aromatic carbocycles. The Morgan fingerprint density at radius 2 is 1.78 bits per heavy atom. The highest BCUT2D eigenvalue weighted by molar-refractivity contribution is 7.85. The van der Waals surface area contributed by atoms with Crippen molar-refractivity contribution >= 4 is 16.7 Å². The average molecular weight is 269 g/mol. The van der Waals surface area contributed by atoms with Gasteiger partial charge in [0.25, 0.3) is 0 Å². The van der Waals surface area contributed by atoms with Crippen molar-refractivity contribution in [3.63, 3.8) is 0 Å². The number of piperidine rings is 1. The van der Waals surface area contributed by atoms with Crippen LogP contribution < -0.4 is 0 Å². The molecular weight excluding hydrogens is 253 g/mol. The van der Waals surface area contributed by atoms with E-state index in [2.05, 4.69) is 0 Å². The van der Waals surface area contributed by atoms with Crippen LogP contribution in [0.1, 0.15) is 19.3 Å². The summed E-state index contributed by atoms with van der Waals surface area (Å²) in [7, 11) is -1.38. The molecule has 0 aromatic heterocycles. The highest BCUT2D eigenvalue weighted by Gasteiger charge is 2.19. The molecule has 5 heteroatoms. The van der Waals surface area contributed by atoms with Gasteiger partial charge in [-0.15, -0.1) is 0 Å². The summed E-state index contributed by atoms with van der Waals surface area (Å²) in [4.78, 5) is 14.2. The zero-order valence-electron chi connectivity index (χ0n) is 10.1. The van der Waals surface area contributed by atoms with Crippen molar-refractivity contribution in [3.8, 4) is 0 Å². The van der Waals surface area contributed by atoms with E-state index in [-0.39, 0.29) is 17.5 Å². The molecule has 0 N–H and O–H groups in total. The maximum Gasteiger partial charge on any atom is 0.235 e. The van der Waals surface area contributed by atoms with Gasteiger partial charge in [-0.25, -0.2) is 4.39 Å². The molecule has 1 aromatic rings. The summed E-state index contributed by atoms with van der Waals surface area (Å²) in [5, 5.41) is 0. The highest BCUT2D eigenvalue weighted by Crippen LogP contribution is 2.12. The molecule has 0 bridgehead atoms. The third-order valence-electron chi connectivity index (χ3n) is 3.04. The second kappa shape index (κ2) is 6.09. The molecule has 1 saturated heterocycles. The number of nitrogens with zero attached hydrogens (tertiary/aromatic N) is 1. The van der Waals surface area contributed by atoms with Crippen LogP contribution >= 0.6 is 0 Å². The Bertz CT molecular complexity index is 441. The van der Waals surface area contributed by atoms with E-state index in [4.69, 9.17) is 0 Å². The second-order valence-electron chi connectivity index (χ2n) is 4.39. The molecule has 1 unspecified atom stereocenters. The molecule has 18 heavy (non-hydrogen) atoms. The lowest BCUT2D eigenvalue weighted by atomic mass is 10.1. The Morgan fingerprint density at radius 3 is 2.39 bits per heavy atom. The quantitative estimate of drug-likeness (QED) is 0.841. The molecular formula is C13H16FNO2S. The van der Waals surface area contributed by atoms with Crippen molar-refractivity contribution in [1.82, 2.24) is 4.90 Å². The van der Waals surface area contributed by atoms with Gasteiger partial charge in [-0.1, -0.05) is 0 Å². The summed E-state index contributed by atoms with van der Waals surface area (Å²) in [6.45, 7) is 1.53. The molecule has 1 amide bonds. The first-order valence-electron chi connectivity index (χ1n) is 6.08. The van der Waals surface area contributed by atoms with Gasteiger partial charge in [0, 0.05) is 18.0 Å². The van der Waals surface area contributed by atoms with Gasteiger partial charge in [0.15, 0.2) is 0 Å². The second-order valence-corrected chi connectivity index (χ2v) is 5.84. The minimum atomic E-state index is -1.38. The number of halogens is 1.